The van der Waals surface area contributed by atoms with Crippen molar-refractivity contribution in [2.45, 2.75) is 32.6 Å². The monoisotopic (exact) mass is 182 g/mol. The molecule has 1 heterocycles. The molecule has 0 unspecified atom stereocenters. The van der Waals surface area contributed by atoms with Gasteiger partial charge in [-0.3, -0.25) is 10.2 Å². The summed E-state index contributed by atoms with van der Waals surface area (Å²) in [5.74, 6) is 0.00347. The molecule has 0 saturated carbocycles. The molecule has 1 N–H and O–H groups in total. The Hall–Kier alpha value is -0.830. The van der Waals surface area contributed by atoms with Crippen molar-refractivity contribution in [2.75, 3.05) is 13.1 Å². The van der Waals surface area contributed by atoms with Crippen LogP contribution in [-0.4, -0.2) is 24.0 Å². The summed E-state index contributed by atoms with van der Waals surface area (Å²) < 4.78 is 0. The summed E-state index contributed by atoms with van der Waals surface area (Å²) in [6.45, 7) is 4.00. The molecule has 74 valence electrons. The van der Waals surface area contributed by atoms with Gasteiger partial charge in [-0.05, 0) is 19.3 Å². The molecule has 1 saturated heterocycles. The number of piperidine rings is 1. The highest BCUT2D eigenvalue weighted by Crippen LogP contribution is 2.05. The van der Waals surface area contributed by atoms with Crippen molar-refractivity contribution < 1.29 is 4.79 Å². The van der Waals surface area contributed by atoms with Gasteiger partial charge in [0, 0.05) is 19.2 Å². The van der Waals surface area contributed by atoms with Gasteiger partial charge < -0.3 is 0 Å². The fourth-order valence-electron chi connectivity index (χ4n) is 1.42. The molecule has 3 heteroatoms. The predicted molar refractivity (Wildman–Crippen MR) is 53.0 cm³/mol. The molecule has 0 atom stereocenters. The van der Waals surface area contributed by atoms with Crippen molar-refractivity contribution in [3.05, 3.63) is 12.2 Å². The van der Waals surface area contributed by atoms with Crippen LogP contribution in [0.15, 0.2) is 12.2 Å². The average Bonchev–Trinajstić information content (AvgIpc) is 2.16. The number of allylic oxidation sites excluding steroid dienone is 1. The van der Waals surface area contributed by atoms with E-state index in [0.717, 1.165) is 19.5 Å². The number of nitrogens with zero attached hydrogens (tertiary/aromatic N) is 1. The second kappa shape index (κ2) is 5.75. The van der Waals surface area contributed by atoms with E-state index in [0.29, 0.717) is 0 Å². The SMILES string of the molecule is CCC=CC(=O)NN1CCCCC1. The highest BCUT2D eigenvalue weighted by atomic mass is 16.2. The number of hydrogen-bond acceptors (Lipinski definition) is 2. The number of amides is 1. The summed E-state index contributed by atoms with van der Waals surface area (Å²) in [5.41, 5.74) is 2.86. The number of carbonyl (C=O) groups is 1. The van der Waals surface area contributed by atoms with E-state index in [-0.39, 0.29) is 5.91 Å². The number of carbonyl (C=O) groups excluding carboxylic acids is 1. The fraction of sp³-hybridized carbons (Fsp3) is 0.700. The highest BCUT2D eigenvalue weighted by molar-refractivity contribution is 5.86. The van der Waals surface area contributed by atoms with Gasteiger partial charge in [0.15, 0.2) is 0 Å². The number of nitrogens with one attached hydrogen (secondary N) is 1. The van der Waals surface area contributed by atoms with Crippen LogP contribution >= 0.6 is 0 Å². The summed E-state index contributed by atoms with van der Waals surface area (Å²) in [6, 6.07) is 0. The molecule has 0 spiro atoms. The Balaban J connectivity index is 2.22. The van der Waals surface area contributed by atoms with Gasteiger partial charge in [0.25, 0.3) is 5.91 Å². The number of rotatable bonds is 3. The quantitative estimate of drug-likeness (QED) is 0.670. The molecule has 0 aliphatic carbocycles. The van der Waals surface area contributed by atoms with Crippen LogP contribution in [0.25, 0.3) is 0 Å². The van der Waals surface area contributed by atoms with Crippen LogP contribution in [-0.2, 0) is 4.79 Å². The largest absolute Gasteiger partial charge is 0.285 e. The third-order valence-corrected chi connectivity index (χ3v) is 2.13. The first-order valence-electron chi connectivity index (χ1n) is 5.05. The Morgan fingerprint density at radius 1 is 1.38 bits per heavy atom. The van der Waals surface area contributed by atoms with Crippen molar-refractivity contribution >= 4 is 5.91 Å². The maximum Gasteiger partial charge on any atom is 0.257 e. The third kappa shape index (κ3) is 4.08. The van der Waals surface area contributed by atoms with Gasteiger partial charge in [-0.1, -0.05) is 19.4 Å². The topological polar surface area (TPSA) is 32.3 Å². The molecule has 1 amide bonds. The minimum atomic E-state index is 0.00347. The van der Waals surface area contributed by atoms with E-state index in [4.69, 9.17) is 0 Å². The molecular formula is C10H18N2O. The minimum absolute atomic E-state index is 0.00347. The first kappa shape index (κ1) is 10.3. The maximum atomic E-state index is 11.2. The normalized spacial score (nSPS) is 19.2. The zero-order valence-electron chi connectivity index (χ0n) is 8.25. The van der Waals surface area contributed by atoms with E-state index < -0.39 is 0 Å². The lowest BCUT2D eigenvalue weighted by Crippen LogP contribution is -2.44. The Labute approximate surface area is 79.8 Å². The third-order valence-electron chi connectivity index (χ3n) is 2.13. The van der Waals surface area contributed by atoms with Crippen molar-refractivity contribution in [3.8, 4) is 0 Å². The van der Waals surface area contributed by atoms with Gasteiger partial charge >= 0.3 is 0 Å². The summed E-state index contributed by atoms with van der Waals surface area (Å²) >= 11 is 0. The second-order valence-electron chi connectivity index (χ2n) is 3.33. The van der Waals surface area contributed by atoms with Crippen LogP contribution in [0.2, 0.25) is 0 Å². The Kier molecular flexibility index (Phi) is 4.54. The van der Waals surface area contributed by atoms with Crippen molar-refractivity contribution in [3.63, 3.8) is 0 Å². The van der Waals surface area contributed by atoms with E-state index in [1.807, 2.05) is 18.0 Å². The van der Waals surface area contributed by atoms with Crippen LogP contribution < -0.4 is 5.43 Å². The first-order chi connectivity index (χ1) is 6.33. The molecule has 0 aromatic rings. The molecule has 1 rings (SSSR count). The van der Waals surface area contributed by atoms with E-state index in [1.165, 1.54) is 19.3 Å². The van der Waals surface area contributed by atoms with Crippen LogP contribution in [0.5, 0.6) is 0 Å². The molecule has 0 bridgehead atoms. The minimum Gasteiger partial charge on any atom is -0.285 e. The lowest BCUT2D eigenvalue weighted by atomic mass is 10.2. The Morgan fingerprint density at radius 2 is 2.08 bits per heavy atom. The highest BCUT2D eigenvalue weighted by Gasteiger charge is 2.10. The van der Waals surface area contributed by atoms with Gasteiger partial charge in [-0.25, -0.2) is 5.01 Å². The lowest BCUT2D eigenvalue weighted by molar-refractivity contribution is -0.121. The Bertz CT molecular complexity index is 183. The smallest absolute Gasteiger partial charge is 0.257 e. The predicted octanol–water partition coefficient (Wildman–Crippen LogP) is 1.47. The fourth-order valence-corrected chi connectivity index (χ4v) is 1.42. The van der Waals surface area contributed by atoms with Crippen LogP contribution in [0.4, 0.5) is 0 Å². The van der Waals surface area contributed by atoms with Crippen LogP contribution in [0.3, 0.4) is 0 Å². The van der Waals surface area contributed by atoms with Crippen molar-refractivity contribution in [1.29, 1.82) is 0 Å². The zero-order chi connectivity index (χ0) is 9.52. The second-order valence-corrected chi connectivity index (χ2v) is 3.33. The molecule has 0 aromatic heterocycles. The van der Waals surface area contributed by atoms with Gasteiger partial charge in [-0.2, -0.15) is 0 Å². The summed E-state index contributed by atoms with van der Waals surface area (Å²) in [4.78, 5) is 11.2. The number of hydrogen-bond donors (Lipinski definition) is 1. The van der Waals surface area contributed by atoms with Gasteiger partial charge in [0.1, 0.15) is 0 Å². The molecule has 13 heavy (non-hydrogen) atoms. The molecule has 0 radical (unpaired) electrons. The molecule has 0 aromatic carbocycles. The van der Waals surface area contributed by atoms with Gasteiger partial charge in [0.2, 0.25) is 0 Å². The van der Waals surface area contributed by atoms with Crippen LogP contribution in [0, 0.1) is 0 Å². The lowest BCUT2D eigenvalue weighted by Gasteiger charge is -2.26. The first-order valence-corrected chi connectivity index (χ1v) is 5.05. The Morgan fingerprint density at radius 3 is 2.69 bits per heavy atom. The summed E-state index contributed by atoms with van der Waals surface area (Å²) in [5, 5.41) is 2.01. The van der Waals surface area contributed by atoms with Gasteiger partial charge in [0.05, 0.1) is 0 Å². The molecular weight excluding hydrogens is 164 g/mol. The zero-order valence-corrected chi connectivity index (χ0v) is 8.25. The van der Waals surface area contributed by atoms with E-state index in [1.54, 1.807) is 6.08 Å². The molecule has 1 aliphatic heterocycles. The average molecular weight is 182 g/mol. The molecule has 3 nitrogen and oxygen atoms in total. The standard InChI is InChI=1S/C10H18N2O/c1-2-3-7-10(13)11-12-8-5-4-6-9-12/h3,7H,2,4-6,8-9H2,1H3,(H,11,13). The van der Waals surface area contributed by atoms with Crippen molar-refractivity contribution in [1.82, 2.24) is 10.4 Å². The van der Waals surface area contributed by atoms with E-state index in [9.17, 15) is 4.79 Å². The van der Waals surface area contributed by atoms with E-state index in [2.05, 4.69) is 5.43 Å². The summed E-state index contributed by atoms with van der Waals surface area (Å²) in [6.07, 6.45) is 8.06. The number of hydrazine groups is 1. The van der Waals surface area contributed by atoms with Crippen LogP contribution in [0.1, 0.15) is 32.6 Å². The maximum absolute atomic E-state index is 11.2. The van der Waals surface area contributed by atoms with Crippen molar-refractivity contribution in [2.24, 2.45) is 0 Å². The summed E-state index contributed by atoms with van der Waals surface area (Å²) in [7, 11) is 0. The molecule has 1 fully saturated rings. The van der Waals surface area contributed by atoms with E-state index >= 15 is 0 Å². The molecule has 1 aliphatic rings. The van der Waals surface area contributed by atoms with Gasteiger partial charge in [-0.15, -0.1) is 0 Å².